The summed E-state index contributed by atoms with van der Waals surface area (Å²) in [6, 6.07) is 1.81. The largest absolute Gasteiger partial charge is 0.479 e. The molecule has 1 aromatic carbocycles. The average Bonchev–Trinajstić information content (AvgIpc) is 2.29. The van der Waals surface area contributed by atoms with Crippen molar-refractivity contribution in [3.8, 4) is 0 Å². The van der Waals surface area contributed by atoms with Crippen molar-refractivity contribution < 1.29 is 32.2 Å². The Hall–Kier alpha value is -1.58. The average molecular weight is 281 g/mol. The fourth-order valence-electron chi connectivity index (χ4n) is 1.04. The fourth-order valence-corrected chi connectivity index (χ4v) is 2.16. The molecule has 1 atom stereocenters. The summed E-state index contributed by atoms with van der Waals surface area (Å²) in [7, 11) is -4.43. The van der Waals surface area contributed by atoms with Crippen molar-refractivity contribution in [1.82, 2.24) is 4.72 Å². The van der Waals surface area contributed by atoms with Crippen molar-refractivity contribution in [2.45, 2.75) is 11.0 Å². The van der Waals surface area contributed by atoms with E-state index in [4.69, 9.17) is 10.2 Å². The third kappa shape index (κ3) is 3.45. The van der Waals surface area contributed by atoms with Gasteiger partial charge < -0.3 is 10.2 Å². The fraction of sp³-hybridized carbons (Fsp3) is 0.222. The predicted octanol–water partition coefficient (Wildman–Crippen LogP) is -0.311. The first kappa shape index (κ1) is 14.5. The number of rotatable bonds is 5. The van der Waals surface area contributed by atoms with Crippen LogP contribution < -0.4 is 4.72 Å². The van der Waals surface area contributed by atoms with Gasteiger partial charge in [-0.2, -0.15) is 0 Å². The monoisotopic (exact) mass is 281 g/mol. The molecule has 3 N–H and O–H groups in total. The third-order valence-corrected chi connectivity index (χ3v) is 3.37. The van der Waals surface area contributed by atoms with E-state index in [1.165, 1.54) is 0 Å². The number of aliphatic hydroxyl groups excluding tert-OH is 1. The van der Waals surface area contributed by atoms with E-state index in [0.29, 0.717) is 12.1 Å². The summed E-state index contributed by atoms with van der Waals surface area (Å²) in [5, 5.41) is 17.2. The summed E-state index contributed by atoms with van der Waals surface area (Å²) in [6.07, 6.45) is -1.98. The van der Waals surface area contributed by atoms with Crippen LogP contribution in [-0.2, 0) is 14.8 Å². The van der Waals surface area contributed by atoms with Crippen molar-refractivity contribution in [2.24, 2.45) is 0 Å². The van der Waals surface area contributed by atoms with Crippen molar-refractivity contribution in [3.63, 3.8) is 0 Å². The standard InChI is InChI=1S/C9H9F2NO5S/c10-5-1-2-6(11)8(3-5)18(16,17)12-4-7(13)9(14)15/h1-3,7,12-13H,4H2,(H,14,15)/t7-/m0/s1. The number of sulfonamides is 1. The highest BCUT2D eigenvalue weighted by Gasteiger charge is 2.22. The SMILES string of the molecule is O=C(O)[C@@H](O)CNS(=O)(=O)c1cc(F)ccc1F. The zero-order chi connectivity index (χ0) is 13.9. The van der Waals surface area contributed by atoms with E-state index in [-0.39, 0.29) is 0 Å². The van der Waals surface area contributed by atoms with Crippen molar-refractivity contribution >= 4 is 16.0 Å². The van der Waals surface area contributed by atoms with Crippen LogP contribution in [0.4, 0.5) is 8.78 Å². The van der Waals surface area contributed by atoms with Crippen LogP contribution >= 0.6 is 0 Å². The molecule has 0 saturated carbocycles. The number of carbonyl (C=O) groups is 1. The lowest BCUT2D eigenvalue weighted by Crippen LogP contribution is -2.36. The predicted molar refractivity (Wildman–Crippen MR) is 55.2 cm³/mol. The van der Waals surface area contributed by atoms with Crippen LogP contribution in [0.5, 0.6) is 0 Å². The Morgan fingerprint density at radius 2 is 2.00 bits per heavy atom. The number of benzene rings is 1. The van der Waals surface area contributed by atoms with E-state index in [1.807, 2.05) is 0 Å². The number of nitrogens with one attached hydrogen (secondary N) is 1. The molecule has 0 aliphatic rings. The molecule has 18 heavy (non-hydrogen) atoms. The van der Waals surface area contributed by atoms with Gasteiger partial charge in [-0.1, -0.05) is 0 Å². The Morgan fingerprint density at radius 3 is 2.56 bits per heavy atom. The van der Waals surface area contributed by atoms with E-state index in [1.54, 1.807) is 4.72 Å². The lowest BCUT2D eigenvalue weighted by Gasteiger charge is -2.09. The molecule has 100 valence electrons. The summed E-state index contributed by atoms with van der Waals surface area (Å²) in [5.41, 5.74) is 0. The molecule has 0 unspecified atom stereocenters. The minimum absolute atomic E-state index is 0.449. The van der Waals surface area contributed by atoms with Crippen LogP contribution in [0, 0.1) is 11.6 Å². The van der Waals surface area contributed by atoms with Crippen LogP contribution in [0.25, 0.3) is 0 Å². The quantitative estimate of drug-likeness (QED) is 0.686. The van der Waals surface area contributed by atoms with Crippen LogP contribution in [0.15, 0.2) is 23.1 Å². The highest BCUT2D eigenvalue weighted by Crippen LogP contribution is 2.15. The first-order chi connectivity index (χ1) is 8.24. The molecule has 0 bridgehead atoms. The van der Waals surface area contributed by atoms with Crippen molar-refractivity contribution in [2.75, 3.05) is 6.54 Å². The maximum absolute atomic E-state index is 13.2. The first-order valence-electron chi connectivity index (χ1n) is 4.59. The molecule has 1 aromatic rings. The van der Waals surface area contributed by atoms with Gasteiger partial charge in [0.2, 0.25) is 10.0 Å². The molecule has 0 heterocycles. The van der Waals surface area contributed by atoms with E-state index in [0.717, 1.165) is 6.07 Å². The van der Waals surface area contributed by atoms with Gasteiger partial charge in [-0.25, -0.2) is 26.7 Å². The zero-order valence-corrected chi connectivity index (χ0v) is 9.62. The van der Waals surface area contributed by atoms with Crippen LogP contribution in [-0.4, -0.2) is 37.2 Å². The van der Waals surface area contributed by atoms with Crippen LogP contribution in [0.3, 0.4) is 0 Å². The first-order valence-corrected chi connectivity index (χ1v) is 6.08. The highest BCUT2D eigenvalue weighted by atomic mass is 32.2. The topological polar surface area (TPSA) is 104 Å². The Bertz CT molecular complexity index is 560. The van der Waals surface area contributed by atoms with E-state index >= 15 is 0 Å². The molecule has 6 nitrogen and oxygen atoms in total. The number of hydrogen-bond acceptors (Lipinski definition) is 4. The molecule has 1 rings (SSSR count). The molecule has 0 spiro atoms. The molecular weight excluding hydrogens is 272 g/mol. The number of carboxylic acid groups (broad SMARTS) is 1. The molecule has 0 amide bonds. The number of carboxylic acids is 1. The van der Waals surface area contributed by atoms with Gasteiger partial charge >= 0.3 is 5.97 Å². The molecule has 0 aliphatic heterocycles. The summed E-state index contributed by atoms with van der Waals surface area (Å²) < 4.78 is 50.7. The molecule has 0 saturated heterocycles. The summed E-state index contributed by atoms with van der Waals surface area (Å²) in [6.45, 7) is -0.854. The van der Waals surface area contributed by atoms with Gasteiger partial charge in [0, 0.05) is 6.54 Å². The second-order valence-corrected chi connectivity index (χ2v) is 5.02. The third-order valence-electron chi connectivity index (χ3n) is 1.93. The van der Waals surface area contributed by atoms with Gasteiger partial charge in [-0.15, -0.1) is 0 Å². The second-order valence-electron chi connectivity index (χ2n) is 3.28. The minimum Gasteiger partial charge on any atom is -0.479 e. The lowest BCUT2D eigenvalue weighted by molar-refractivity contribution is -0.146. The highest BCUT2D eigenvalue weighted by molar-refractivity contribution is 7.89. The van der Waals surface area contributed by atoms with E-state index in [9.17, 15) is 22.0 Å². The Morgan fingerprint density at radius 1 is 1.39 bits per heavy atom. The maximum atomic E-state index is 13.2. The van der Waals surface area contributed by atoms with Crippen molar-refractivity contribution in [1.29, 1.82) is 0 Å². The minimum atomic E-state index is -4.43. The Kier molecular flexibility index (Phi) is 4.33. The van der Waals surface area contributed by atoms with Gasteiger partial charge in [-0.3, -0.25) is 0 Å². The second kappa shape index (κ2) is 5.38. The van der Waals surface area contributed by atoms with Gasteiger partial charge in [-0.05, 0) is 18.2 Å². The van der Waals surface area contributed by atoms with Crippen LogP contribution in [0.2, 0.25) is 0 Å². The van der Waals surface area contributed by atoms with Gasteiger partial charge in [0.25, 0.3) is 0 Å². The molecular formula is C9H9F2NO5S. The molecule has 0 aromatic heterocycles. The van der Waals surface area contributed by atoms with E-state index in [2.05, 4.69) is 0 Å². The van der Waals surface area contributed by atoms with Gasteiger partial charge in [0.05, 0.1) is 0 Å². The Balaban J connectivity index is 2.93. The number of aliphatic hydroxyl groups is 1. The smallest absolute Gasteiger partial charge is 0.333 e. The van der Waals surface area contributed by atoms with Crippen LogP contribution in [0.1, 0.15) is 0 Å². The van der Waals surface area contributed by atoms with Crippen molar-refractivity contribution in [3.05, 3.63) is 29.8 Å². The zero-order valence-electron chi connectivity index (χ0n) is 8.80. The number of hydrogen-bond donors (Lipinski definition) is 3. The maximum Gasteiger partial charge on any atom is 0.333 e. The molecule has 9 heteroatoms. The molecule has 0 fully saturated rings. The van der Waals surface area contributed by atoms with Gasteiger partial charge in [0.15, 0.2) is 6.10 Å². The molecule has 0 aliphatic carbocycles. The summed E-state index contributed by atoms with van der Waals surface area (Å²) >= 11 is 0. The van der Waals surface area contributed by atoms with E-state index < -0.39 is 45.2 Å². The number of halogens is 2. The molecule has 0 radical (unpaired) electrons. The van der Waals surface area contributed by atoms with Gasteiger partial charge in [0.1, 0.15) is 16.5 Å². The number of aliphatic carboxylic acids is 1. The lowest BCUT2D eigenvalue weighted by atomic mass is 10.3. The Labute approximate surface area is 101 Å². The summed E-state index contributed by atoms with van der Waals surface area (Å²) in [5.74, 6) is -3.79. The normalized spacial score (nSPS) is 13.3. The summed E-state index contributed by atoms with van der Waals surface area (Å²) in [4.78, 5) is 9.30.